The van der Waals surface area contributed by atoms with Crippen LogP contribution in [0.15, 0.2) is 48.5 Å². The van der Waals surface area contributed by atoms with Gasteiger partial charge >= 0.3 is 0 Å². The van der Waals surface area contributed by atoms with Crippen LogP contribution >= 0.6 is 11.6 Å². The Hall–Kier alpha value is -1.80. The van der Waals surface area contributed by atoms with Crippen molar-refractivity contribution in [2.75, 3.05) is 0 Å². The van der Waals surface area contributed by atoms with Gasteiger partial charge in [0.05, 0.1) is 5.02 Å². The molecule has 0 saturated heterocycles. The van der Waals surface area contributed by atoms with Crippen molar-refractivity contribution >= 4 is 17.4 Å². The van der Waals surface area contributed by atoms with Crippen LogP contribution in [-0.2, 0) is 6.42 Å². The van der Waals surface area contributed by atoms with E-state index in [0.29, 0.717) is 10.6 Å². The summed E-state index contributed by atoms with van der Waals surface area (Å²) in [6, 6.07) is 13.6. The Kier molecular flexibility index (Phi) is 3.45. The van der Waals surface area contributed by atoms with Crippen LogP contribution in [0.4, 0.5) is 0 Å². The Morgan fingerprint density at radius 1 is 1.06 bits per heavy atom. The summed E-state index contributed by atoms with van der Waals surface area (Å²) in [5, 5.41) is 9.61. The first-order valence-corrected chi connectivity index (χ1v) is 5.60. The molecular weight excluding hydrogens is 236 g/mol. The molecule has 0 aliphatic heterocycles. The number of hydrogen-bond donors (Lipinski definition) is 1. The smallest absolute Gasteiger partial charge is 0.168 e. The van der Waals surface area contributed by atoms with Gasteiger partial charge in [-0.1, -0.05) is 35.9 Å². The lowest BCUT2D eigenvalue weighted by Gasteiger charge is -2.03. The lowest BCUT2D eigenvalue weighted by atomic mass is 10.0. The van der Waals surface area contributed by atoms with Crippen molar-refractivity contribution in [2.45, 2.75) is 6.42 Å². The summed E-state index contributed by atoms with van der Waals surface area (Å²) in [6.45, 7) is 0. The number of rotatable bonds is 3. The number of carbonyl (C=O) groups is 1. The summed E-state index contributed by atoms with van der Waals surface area (Å²) < 4.78 is 0. The second-order valence-electron chi connectivity index (χ2n) is 3.75. The van der Waals surface area contributed by atoms with E-state index < -0.39 is 0 Å². The number of phenols is 1. The number of halogens is 1. The van der Waals surface area contributed by atoms with Gasteiger partial charge in [0.15, 0.2) is 5.78 Å². The quantitative estimate of drug-likeness (QED) is 0.842. The van der Waals surface area contributed by atoms with Gasteiger partial charge in [-0.05, 0) is 29.8 Å². The Morgan fingerprint density at radius 2 is 1.71 bits per heavy atom. The van der Waals surface area contributed by atoms with Gasteiger partial charge in [-0.3, -0.25) is 4.79 Å². The van der Waals surface area contributed by atoms with Crippen LogP contribution in [-0.4, -0.2) is 10.9 Å². The van der Waals surface area contributed by atoms with Crippen LogP contribution in [0.3, 0.4) is 0 Å². The molecule has 0 heterocycles. The number of phenolic OH excluding ortho intramolecular Hbond substituents is 1. The third kappa shape index (κ3) is 2.86. The second kappa shape index (κ2) is 5.02. The van der Waals surface area contributed by atoms with E-state index >= 15 is 0 Å². The maximum Gasteiger partial charge on any atom is 0.168 e. The summed E-state index contributed by atoms with van der Waals surface area (Å²) in [7, 11) is 0. The number of ketones is 1. The molecule has 3 heteroatoms. The monoisotopic (exact) mass is 246 g/mol. The minimum Gasteiger partial charge on any atom is -0.508 e. The highest BCUT2D eigenvalue weighted by molar-refractivity contribution is 6.34. The molecule has 0 radical (unpaired) electrons. The van der Waals surface area contributed by atoms with E-state index in [1.807, 2.05) is 0 Å². The second-order valence-corrected chi connectivity index (χ2v) is 4.15. The Balaban J connectivity index is 2.17. The van der Waals surface area contributed by atoms with Gasteiger partial charge in [0.25, 0.3) is 0 Å². The van der Waals surface area contributed by atoms with Crippen molar-refractivity contribution in [3.63, 3.8) is 0 Å². The number of carbonyl (C=O) groups excluding carboxylic acids is 1. The highest BCUT2D eigenvalue weighted by atomic mass is 35.5. The van der Waals surface area contributed by atoms with Crippen molar-refractivity contribution in [1.29, 1.82) is 0 Å². The third-order valence-electron chi connectivity index (χ3n) is 2.48. The highest BCUT2D eigenvalue weighted by Crippen LogP contribution is 2.18. The topological polar surface area (TPSA) is 37.3 Å². The predicted octanol–water partition coefficient (Wildman–Crippen LogP) is 3.47. The summed E-state index contributed by atoms with van der Waals surface area (Å²) >= 11 is 5.95. The maximum absolute atomic E-state index is 12.0. The molecule has 0 fully saturated rings. The molecule has 0 spiro atoms. The Bertz CT molecular complexity index is 532. The predicted molar refractivity (Wildman–Crippen MR) is 67.6 cm³/mol. The average molecular weight is 247 g/mol. The maximum atomic E-state index is 12.0. The molecule has 2 rings (SSSR count). The van der Waals surface area contributed by atoms with Crippen LogP contribution in [0.1, 0.15) is 15.9 Å². The molecule has 17 heavy (non-hydrogen) atoms. The largest absolute Gasteiger partial charge is 0.508 e. The standard InChI is InChI=1S/C14H11ClO2/c15-13-4-2-1-3-12(13)14(17)9-10-5-7-11(16)8-6-10/h1-8,16H,9H2. The van der Waals surface area contributed by atoms with E-state index in [9.17, 15) is 4.79 Å². The van der Waals surface area contributed by atoms with E-state index in [4.69, 9.17) is 16.7 Å². The van der Waals surface area contributed by atoms with Crippen molar-refractivity contribution in [3.05, 3.63) is 64.7 Å². The van der Waals surface area contributed by atoms with Crippen LogP contribution in [0, 0.1) is 0 Å². The van der Waals surface area contributed by atoms with Gasteiger partial charge in [-0.25, -0.2) is 0 Å². The van der Waals surface area contributed by atoms with Crippen molar-refractivity contribution in [2.24, 2.45) is 0 Å². The minimum atomic E-state index is -0.0266. The molecule has 0 amide bonds. The Labute approximate surface area is 104 Å². The summed E-state index contributed by atoms with van der Waals surface area (Å²) in [6.07, 6.45) is 0.282. The molecule has 2 aromatic carbocycles. The number of hydrogen-bond acceptors (Lipinski definition) is 2. The molecule has 2 aromatic rings. The fraction of sp³-hybridized carbons (Fsp3) is 0.0714. The minimum absolute atomic E-state index is 0.0266. The van der Waals surface area contributed by atoms with E-state index in [1.165, 1.54) is 0 Å². The number of Topliss-reactive ketones (excluding diaryl/α,β-unsaturated/α-hetero) is 1. The molecule has 0 aliphatic rings. The van der Waals surface area contributed by atoms with Crippen LogP contribution < -0.4 is 0 Å². The van der Waals surface area contributed by atoms with E-state index in [-0.39, 0.29) is 18.0 Å². The first kappa shape index (κ1) is 11.7. The normalized spacial score (nSPS) is 10.2. The van der Waals surface area contributed by atoms with Gasteiger partial charge in [0, 0.05) is 12.0 Å². The average Bonchev–Trinajstić information content (AvgIpc) is 2.32. The lowest BCUT2D eigenvalue weighted by Crippen LogP contribution is -2.03. The summed E-state index contributed by atoms with van der Waals surface area (Å²) in [5.41, 5.74) is 1.38. The molecule has 0 bridgehead atoms. The van der Waals surface area contributed by atoms with Crippen molar-refractivity contribution in [3.8, 4) is 5.75 Å². The zero-order chi connectivity index (χ0) is 12.3. The SMILES string of the molecule is O=C(Cc1ccc(O)cc1)c1ccccc1Cl. The van der Waals surface area contributed by atoms with Gasteiger partial charge in [0.1, 0.15) is 5.75 Å². The van der Waals surface area contributed by atoms with E-state index in [0.717, 1.165) is 5.56 Å². The molecular formula is C14H11ClO2. The zero-order valence-corrected chi connectivity index (χ0v) is 9.82. The van der Waals surface area contributed by atoms with E-state index in [1.54, 1.807) is 48.5 Å². The number of benzene rings is 2. The molecule has 0 unspecified atom stereocenters. The van der Waals surface area contributed by atoms with Crippen molar-refractivity contribution in [1.82, 2.24) is 0 Å². The first-order valence-electron chi connectivity index (χ1n) is 5.22. The molecule has 1 N–H and O–H groups in total. The summed E-state index contributed by atoms with van der Waals surface area (Å²) in [5.74, 6) is 0.167. The lowest BCUT2D eigenvalue weighted by molar-refractivity contribution is 0.0993. The van der Waals surface area contributed by atoms with Crippen molar-refractivity contribution < 1.29 is 9.90 Å². The Morgan fingerprint density at radius 3 is 2.35 bits per heavy atom. The highest BCUT2D eigenvalue weighted by Gasteiger charge is 2.10. The van der Waals surface area contributed by atoms with Crippen LogP contribution in [0.25, 0.3) is 0 Å². The van der Waals surface area contributed by atoms with Gasteiger partial charge in [0.2, 0.25) is 0 Å². The van der Waals surface area contributed by atoms with Gasteiger partial charge in [-0.2, -0.15) is 0 Å². The molecule has 0 aliphatic carbocycles. The zero-order valence-electron chi connectivity index (χ0n) is 9.06. The van der Waals surface area contributed by atoms with Gasteiger partial charge < -0.3 is 5.11 Å². The van der Waals surface area contributed by atoms with Crippen LogP contribution in [0.5, 0.6) is 5.75 Å². The van der Waals surface area contributed by atoms with E-state index in [2.05, 4.69) is 0 Å². The fourth-order valence-corrected chi connectivity index (χ4v) is 1.82. The third-order valence-corrected chi connectivity index (χ3v) is 2.80. The molecule has 0 saturated carbocycles. The summed E-state index contributed by atoms with van der Waals surface area (Å²) in [4.78, 5) is 12.0. The first-order chi connectivity index (χ1) is 8.16. The molecule has 2 nitrogen and oxygen atoms in total. The molecule has 0 atom stereocenters. The number of aromatic hydroxyl groups is 1. The molecule has 86 valence electrons. The van der Waals surface area contributed by atoms with Crippen LogP contribution in [0.2, 0.25) is 5.02 Å². The molecule has 0 aromatic heterocycles. The van der Waals surface area contributed by atoms with Gasteiger partial charge in [-0.15, -0.1) is 0 Å². The fourth-order valence-electron chi connectivity index (χ4n) is 1.58.